The van der Waals surface area contributed by atoms with E-state index in [1.54, 1.807) is 6.08 Å². The fourth-order valence-electron chi connectivity index (χ4n) is 3.75. The lowest BCUT2D eigenvalue weighted by Crippen LogP contribution is -2.43. The first kappa shape index (κ1) is 22.2. The Labute approximate surface area is 179 Å². The van der Waals surface area contributed by atoms with E-state index in [1.807, 2.05) is 60.7 Å². The highest BCUT2D eigenvalue weighted by Crippen LogP contribution is 2.25. The Bertz CT molecular complexity index is 948. The molecule has 1 atom stereocenters. The molecule has 0 aromatic heterocycles. The van der Waals surface area contributed by atoms with E-state index in [9.17, 15) is 13.2 Å². The average molecular weight is 427 g/mol. The molecule has 1 aliphatic rings. The topological polar surface area (TPSA) is 66.5 Å². The third-order valence-corrected chi connectivity index (χ3v) is 7.10. The maximum absolute atomic E-state index is 12.9. The van der Waals surface area contributed by atoms with E-state index in [2.05, 4.69) is 19.2 Å². The Morgan fingerprint density at radius 2 is 1.57 bits per heavy atom. The Kier molecular flexibility index (Phi) is 7.45. The molecule has 160 valence electrons. The van der Waals surface area contributed by atoms with E-state index in [1.165, 1.54) is 9.71 Å². The summed E-state index contributed by atoms with van der Waals surface area (Å²) in [5.41, 5.74) is 1.93. The molecule has 6 heteroatoms. The molecule has 5 nitrogen and oxygen atoms in total. The Hall–Kier alpha value is -2.44. The number of sulfonamides is 1. The number of carbonyl (C=O) groups is 1. The molecular weight excluding hydrogens is 396 g/mol. The maximum Gasteiger partial charge on any atom is 0.236 e. The second-order valence-electron chi connectivity index (χ2n) is 8.07. The number of nitrogens with one attached hydrogen (secondary N) is 1. The number of piperidine rings is 1. The van der Waals surface area contributed by atoms with Gasteiger partial charge in [-0.1, -0.05) is 74.5 Å². The van der Waals surface area contributed by atoms with Crippen molar-refractivity contribution in [3.8, 4) is 0 Å². The Balaban J connectivity index is 1.58. The van der Waals surface area contributed by atoms with Gasteiger partial charge in [-0.25, -0.2) is 8.42 Å². The second-order valence-corrected chi connectivity index (χ2v) is 9.89. The molecule has 2 aromatic carbocycles. The van der Waals surface area contributed by atoms with Crippen LogP contribution in [0.25, 0.3) is 6.08 Å². The van der Waals surface area contributed by atoms with E-state index in [-0.39, 0.29) is 23.8 Å². The van der Waals surface area contributed by atoms with Crippen LogP contribution in [-0.2, 0) is 14.8 Å². The first-order valence-electron chi connectivity index (χ1n) is 10.5. The van der Waals surface area contributed by atoms with Gasteiger partial charge >= 0.3 is 0 Å². The van der Waals surface area contributed by atoms with E-state index in [0.29, 0.717) is 25.9 Å². The molecule has 0 aliphatic carbocycles. The number of hydrogen-bond donors (Lipinski definition) is 1. The molecule has 1 unspecified atom stereocenters. The lowest BCUT2D eigenvalue weighted by Gasteiger charge is -2.31. The number of hydrogen-bond acceptors (Lipinski definition) is 3. The molecule has 1 amide bonds. The molecule has 0 radical (unpaired) electrons. The van der Waals surface area contributed by atoms with Gasteiger partial charge < -0.3 is 5.32 Å². The van der Waals surface area contributed by atoms with Crippen molar-refractivity contribution in [1.29, 1.82) is 0 Å². The van der Waals surface area contributed by atoms with E-state index in [0.717, 1.165) is 11.1 Å². The summed E-state index contributed by atoms with van der Waals surface area (Å²) in [6, 6.07) is 19.3. The van der Waals surface area contributed by atoms with Gasteiger partial charge in [-0.3, -0.25) is 4.79 Å². The summed E-state index contributed by atoms with van der Waals surface area (Å²) < 4.78 is 26.7. The van der Waals surface area contributed by atoms with E-state index >= 15 is 0 Å². The van der Waals surface area contributed by atoms with Gasteiger partial charge in [0.15, 0.2) is 0 Å². The Morgan fingerprint density at radius 1 is 1.00 bits per heavy atom. The van der Waals surface area contributed by atoms with Gasteiger partial charge in [-0.05, 0) is 36.0 Å². The van der Waals surface area contributed by atoms with Crippen molar-refractivity contribution < 1.29 is 13.2 Å². The normalized spacial score (nSPS) is 17.3. The smallest absolute Gasteiger partial charge is 0.236 e. The largest absolute Gasteiger partial charge is 0.349 e. The van der Waals surface area contributed by atoms with Gasteiger partial charge in [0.1, 0.15) is 0 Å². The molecule has 1 saturated heterocycles. The third kappa shape index (κ3) is 5.80. The van der Waals surface area contributed by atoms with Crippen LogP contribution in [0.1, 0.15) is 43.9 Å². The van der Waals surface area contributed by atoms with Crippen molar-refractivity contribution >= 4 is 22.0 Å². The van der Waals surface area contributed by atoms with Gasteiger partial charge in [-0.15, -0.1) is 0 Å². The predicted octanol–water partition coefficient (Wildman–Crippen LogP) is 4.21. The van der Waals surface area contributed by atoms with Crippen LogP contribution in [0, 0.1) is 11.8 Å². The van der Waals surface area contributed by atoms with Crippen LogP contribution in [0.3, 0.4) is 0 Å². The minimum atomic E-state index is -3.49. The van der Waals surface area contributed by atoms with Crippen LogP contribution < -0.4 is 5.32 Å². The average Bonchev–Trinajstić information content (AvgIpc) is 2.77. The number of rotatable bonds is 7. The summed E-state index contributed by atoms with van der Waals surface area (Å²) in [5, 5.41) is 4.44. The molecule has 1 fully saturated rings. The van der Waals surface area contributed by atoms with E-state index < -0.39 is 10.0 Å². The zero-order chi connectivity index (χ0) is 21.6. The Morgan fingerprint density at radius 3 is 2.13 bits per heavy atom. The van der Waals surface area contributed by atoms with Gasteiger partial charge in [0.05, 0.1) is 6.04 Å². The minimum Gasteiger partial charge on any atom is -0.349 e. The highest BCUT2D eigenvalue weighted by molar-refractivity contribution is 7.92. The number of carbonyl (C=O) groups excluding carboxylic acids is 1. The highest BCUT2D eigenvalue weighted by Gasteiger charge is 2.31. The van der Waals surface area contributed by atoms with Gasteiger partial charge in [0.2, 0.25) is 15.9 Å². The third-order valence-electron chi connectivity index (χ3n) is 5.54. The molecular formula is C24H30N2O3S. The number of nitrogens with zero attached hydrogens (tertiary/aromatic N) is 1. The summed E-state index contributed by atoms with van der Waals surface area (Å²) >= 11 is 0. The zero-order valence-electron chi connectivity index (χ0n) is 17.6. The van der Waals surface area contributed by atoms with Crippen LogP contribution in [0.5, 0.6) is 0 Å². The van der Waals surface area contributed by atoms with Crippen LogP contribution >= 0.6 is 0 Å². The summed E-state index contributed by atoms with van der Waals surface area (Å²) in [7, 11) is -3.49. The summed E-state index contributed by atoms with van der Waals surface area (Å²) in [5.74, 6) is 0.105. The molecule has 0 bridgehead atoms. The van der Waals surface area contributed by atoms with Gasteiger partial charge in [-0.2, -0.15) is 4.31 Å². The predicted molar refractivity (Wildman–Crippen MR) is 121 cm³/mol. The summed E-state index contributed by atoms with van der Waals surface area (Å²) in [6.45, 7) is 4.90. The SMILES string of the molecule is CC(C)C(NC(=O)C1CCN(S(=O)(=O)/C=C/c2ccccc2)CC1)c1ccccc1. The zero-order valence-corrected chi connectivity index (χ0v) is 18.4. The number of benzene rings is 2. The molecule has 0 saturated carbocycles. The van der Waals surface area contributed by atoms with Crippen LogP contribution in [-0.4, -0.2) is 31.7 Å². The van der Waals surface area contributed by atoms with Crippen molar-refractivity contribution in [2.75, 3.05) is 13.1 Å². The quantitative estimate of drug-likeness (QED) is 0.721. The van der Waals surface area contributed by atoms with Crippen LogP contribution in [0.15, 0.2) is 66.1 Å². The summed E-state index contributed by atoms with van der Waals surface area (Å²) in [4.78, 5) is 12.9. The van der Waals surface area contributed by atoms with Crippen LogP contribution in [0.2, 0.25) is 0 Å². The first-order valence-corrected chi connectivity index (χ1v) is 12.0. The molecule has 2 aromatic rings. The van der Waals surface area contributed by atoms with Crippen LogP contribution in [0.4, 0.5) is 0 Å². The van der Waals surface area contributed by atoms with Gasteiger partial charge in [0, 0.05) is 24.4 Å². The monoisotopic (exact) mass is 426 g/mol. The molecule has 3 rings (SSSR count). The summed E-state index contributed by atoms with van der Waals surface area (Å²) in [6.07, 6.45) is 2.68. The van der Waals surface area contributed by atoms with E-state index in [4.69, 9.17) is 0 Å². The second kappa shape index (κ2) is 10.0. The lowest BCUT2D eigenvalue weighted by molar-refractivity contribution is -0.127. The van der Waals surface area contributed by atoms with Crippen molar-refractivity contribution in [3.05, 3.63) is 77.2 Å². The highest BCUT2D eigenvalue weighted by atomic mass is 32.2. The van der Waals surface area contributed by atoms with Crippen molar-refractivity contribution in [2.45, 2.75) is 32.7 Å². The lowest BCUT2D eigenvalue weighted by atomic mass is 9.93. The number of amides is 1. The molecule has 1 N–H and O–H groups in total. The molecule has 0 spiro atoms. The maximum atomic E-state index is 12.9. The fraction of sp³-hybridized carbons (Fsp3) is 0.375. The standard InChI is InChI=1S/C24H30N2O3S/c1-19(2)23(21-11-7-4-8-12-21)25-24(27)22-13-16-26(17-14-22)30(28,29)18-15-20-9-5-3-6-10-20/h3-12,15,18-19,22-23H,13-14,16-17H2,1-2H3,(H,25,27)/b18-15+. The van der Waals surface area contributed by atoms with Crippen molar-refractivity contribution in [3.63, 3.8) is 0 Å². The fourth-order valence-corrected chi connectivity index (χ4v) is 4.97. The van der Waals surface area contributed by atoms with Crippen molar-refractivity contribution in [2.24, 2.45) is 11.8 Å². The minimum absolute atomic E-state index is 0.00873. The molecule has 1 aliphatic heterocycles. The molecule has 30 heavy (non-hydrogen) atoms. The van der Waals surface area contributed by atoms with Crippen molar-refractivity contribution in [1.82, 2.24) is 9.62 Å². The molecule has 1 heterocycles. The van der Waals surface area contributed by atoms with Gasteiger partial charge in [0.25, 0.3) is 0 Å². The first-order chi connectivity index (χ1) is 14.4.